The van der Waals surface area contributed by atoms with Crippen LogP contribution in [0.4, 0.5) is 11.6 Å². The fraction of sp³-hybridized carbons (Fsp3) is 0. The summed E-state index contributed by atoms with van der Waals surface area (Å²) in [7, 11) is 0. The van der Waals surface area contributed by atoms with E-state index in [-0.39, 0.29) is 28.7 Å². The molecule has 10 heteroatoms. The summed E-state index contributed by atoms with van der Waals surface area (Å²) in [6, 6.07) is 4.59. The van der Waals surface area contributed by atoms with Crippen molar-refractivity contribution in [2.45, 2.75) is 0 Å². The highest BCUT2D eigenvalue weighted by molar-refractivity contribution is 6.30. The smallest absolute Gasteiger partial charge is 0.245 e. The molecular formula is C11H8ClN7O2. The molecule has 0 aliphatic heterocycles. The van der Waals surface area contributed by atoms with Gasteiger partial charge in [-0.2, -0.15) is 10.1 Å². The number of hydrogen-bond donors (Lipinski definition) is 3. The molecule has 0 bridgehead atoms. The number of nitrogens with zero attached hydrogens (tertiary/aromatic N) is 5. The molecule has 0 aliphatic rings. The van der Waals surface area contributed by atoms with Gasteiger partial charge in [-0.3, -0.25) is 5.43 Å². The molecule has 0 saturated heterocycles. The summed E-state index contributed by atoms with van der Waals surface area (Å²) in [6.07, 6.45) is 1.37. The van der Waals surface area contributed by atoms with Crippen molar-refractivity contribution in [3.63, 3.8) is 0 Å². The number of fused-ring (bicyclic) bond motifs is 1. The summed E-state index contributed by atoms with van der Waals surface area (Å²) in [4.78, 5) is 7.97. The predicted molar refractivity (Wildman–Crippen MR) is 76.1 cm³/mol. The Bertz CT molecular complexity index is 833. The second-order valence-electron chi connectivity index (χ2n) is 3.94. The van der Waals surface area contributed by atoms with Crippen molar-refractivity contribution in [2.24, 2.45) is 5.10 Å². The number of nitrogens with one attached hydrogen (secondary N) is 1. The van der Waals surface area contributed by atoms with Crippen LogP contribution in [0.25, 0.3) is 11.3 Å². The number of hydrogen-bond acceptors (Lipinski definition) is 9. The van der Waals surface area contributed by atoms with Gasteiger partial charge >= 0.3 is 0 Å². The molecule has 0 saturated carbocycles. The van der Waals surface area contributed by atoms with E-state index in [2.05, 4.69) is 35.4 Å². The van der Waals surface area contributed by atoms with Crippen molar-refractivity contribution in [2.75, 3.05) is 11.2 Å². The summed E-state index contributed by atoms with van der Waals surface area (Å²) >= 11 is 5.83. The summed E-state index contributed by atoms with van der Waals surface area (Å²) in [5.74, 6) is 0.321. The van der Waals surface area contributed by atoms with E-state index in [1.54, 1.807) is 12.1 Å². The molecule has 2 heterocycles. The Labute approximate surface area is 122 Å². The molecule has 0 aliphatic carbocycles. The summed E-state index contributed by atoms with van der Waals surface area (Å²) in [5, 5.41) is 21.1. The first-order chi connectivity index (χ1) is 10.1. The number of phenolic OH excluding ortho intramolecular Hbond substituents is 1. The van der Waals surface area contributed by atoms with Crippen molar-refractivity contribution in [3.05, 3.63) is 28.8 Å². The first-order valence-electron chi connectivity index (χ1n) is 5.67. The lowest BCUT2D eigenvalue weighted by Crippen LogP contribution is -2.02. The van der Waals surface area contributed by atoms with Gasteiger partial charge in [0.15, 0.2) is 11.6 Å². The second-order valence-corrected chi connectivity index (χ2v) is 4.38. The van der Waals surface area contributed by atoms with Gasteiger partial charge in [-0.05, 0) is 28.5 Å². The Morgan fingerprint density at radius 1 is 1.29 bits per heavy atom. The minimum absolute atomic E-state index is 0.0418. The largest absolute Gasteiger partial charge is 0.507 e. The van der Waals surface area contributed by atoms with Crippen molar-refractivity contribution in [1.29, 1.82) is 0 Å². The molecule has 9 nitrogen and oxygen atoms in total. The molecule has 0 fully saturated rings. The third kappa shape index (κ3) is 2.67. The third-order valence-corrected chi connectivity index (χ3v) is 2.74. The van der Waals surface area contributed by atoms with Crippen molar-refractivity contribution >= 4 is 40.7 Å². The molecule has 0 spiro atoms. The molecule has 1 aromatic carbocycles. The topological polar surface area (TPSA) is 135 Å². The van der Waals surface area contributed by atoms with Gasteiger partial charge in [0.2, 0.25) is 11.3 Å². The number of phenols is 1. The number of nitrogens with two attached hydrogens (primary N) is 1. The maximum Gasteiger partial charge on any atom is 0.245 e. The first kappa shape index (κ1) is 13.1. The van der Waals surface area contributed by atoms with E-state index in [1.807, 2.05) is 0 Å². The minimum atomic E-state index is 0.0418. The molecule has 0 unspecified atom stereocenters. The Balaban J connectivity index is 1.83. The molecule has 106 valence electrons. The van der Waals surface area contributed by atoms with Crippen LogP contribution in [0.2, 0.25) is 5.02 Å². The van der Waals surface area contributed by atoms with E-state index in [4.69, 9.17) is 17.3 Å². The van der Waals surface area contributed by atoms with Gasteiger partial charge in [0.1, 0.15) is 5.75 Å². The van der Waals surface area contributed by atoms with Gasteiger partial charge in [-0.1, -0.05) is 11.6 Å². The van der Waals surface area contributed by atoms with Gasteiger partial charge in [0, 0.05) is 10.6 Å². The predicted octanol–water partition coefficient (Wildman–Crippen LogP) is 1.40. The van der Waals surface area contributed by atoms with E-state index in [0.29, 0.717) is 10.6 Å². The highest BCUT2D eigenvalue weighted by atomic mass is 35.5. The monoisotopic (exact) mass is 305 g/mol. The fourth-order valence-electron chi connectivity index (χ4n) is 1.52. The summed E-state index contributed by atoms with van der Waals surface area (Å²) in [5.41, 5.74) is 9.13. The molecule has 2 aromatic heterocycles. The van der Waals surface area contributed by atoms with Crippen LogP contribution >= 0.6 is 11.6 Å². The van der Waals surface area contributed by atoms with Gasteiger partial charge < -0.3 is 10.8 Å². The summed E-state index contributed by atoms with van der Waals surface area (Å²) < 4.78 is 4.48. The zero-order chi connectivity index (χ0) is 14.8. The Hall–Kier alpha value is -2.94. The molecule has 0 amide bonds. The lowest BCUT2D eigenvalue weighted by atomic mass is 10.2. The SMILES string of the molecule is Nc1nc2nonc2nc1N/N=C/c1cc(Cl)ccc1O. The number of halogens is 1. The van der Waals surface area contributed by atoms with Crippen molar-refractivity contribution in [1.82, 2.24) is 20.3 Å². The molecule has 3 aromatic rings. The third-order valence-electron chi connectivity index (χ3n) is 2.50. The van der Waals surface area contributed by atoms with Crippen LogP contribution in [-0.4, -0.2) is 31.6 Å². The van der Waals surface area contributed by atoms with Gasteiger partial charge in [-0.25, -0.2) is 9.61 Å². The van der Waals surface area contributed by atoms with Gasteiger partial charge in [0.25, 0.3) is 0 Å². The highest BCUT2D eigenvalue weighted by Gasteiger charge is 2.09. The number of anilines is 2. The molecule has 0 radical (unpaired) electrons. The second kappa shape index (κ2) is 5.21. The lowest BCUT2D eigenvalue weighted by molar-refractivity contribution is 0.314. The van der Waals surface area contributed by atoms with E-state index in [9.17, 15) is 5.11 Å². The first-order valence-corrected chi connectivity index (χ1v) is 6.04. The fourth-order valence-corrected chi connectivity index (χ4v) is 1.71. The van der Waals surface area contributed by atoms with E-state index in [1.165, 1.54) is 12.3 Å². The highest BCUT2D eigenvalue weighted by Crippen LogP contribution is 2.20. The quantitative estimate of drug-likeness (QED) is 0.488. The van der Waals surface area contributed by atoms with Crippen molar-refractivity contribution < 1.29 is 9.74 Å². The lowest BCUT2D eigenvalue weighted by Gasteiger charge is -2.02. The number of benzene rings is 1. The Morgan fingerprint density at radius 2 is 2.05 bits per heavy atom. The van der Waals surface area contributed by atoms with Crippen LogP contribution in [-0.2, 0) is 0 Å². The zero-order valence-electron chi connectivity index (χ0n) is 10.4. The molecular weight excluding hydrogens is 298 g/mol. The number of nitrogen functional groups attached to an aromatic ring is 1. The maximum atomic E-state index is 9.64. The van der Waals surface area contributed by atoms with E-state index >= 15 is 0 Å². The maximum absolute atomic E-state index is 9.64. The van der Waals surface area contributed by atoms with Crippen LogP contribution in [0.3, 0.4) is 0 Å². The van der Waals surface area contributed by atoms with Crippen LogP contribution in [0.1, 0.15) is 5.56 Å². The van der Waals surface area contributed by atoms with Gasteiger partial charge in [-0.15, -0.1) is 0 Å². The normalized spacial score (nSPS) is 11.3. The molecule has 3 rings (SSSR count). The summed E-state index contributed by atoms with van der Waals surface area (Å²) in [6.45, 7) is 0. The average molecular weight is 306 g/mol. The van der Waals surface area contributed by atoms with Crippen LogP contribution in [0.5, 0.6) is 5.75 Å². The van der Waals surface area contributed by atoms with E-state index < -0.39 is 0 Å². The average Bonchev–Trinajstić information content (AvgIpc) is 2.90. The molecule has 21 heavy (non-hydrogen) atoms. The Kier molecular flexibility index (Phi) is 3.24. The Morgan fingerprint density at radius 3 is 2.86 bits per heavy atom. The molecule has 4 N–H and O–H groups in total. The van der Waals surface area contributed by atoms with E-state index in [0.717, 1.165) is 0 Å². The zero-order valence-corrected chi connectivity index (χ0v) is 11.1. The number of hydrazone groups is 1. The number of rotatable bonds is 3. The number of aromatic hydroxyl groups is 1. The standard InChI is InChI=1S/C11H8ClN7O2/c12-6-1-2-7(20)5(3-6)4-14-17-9-8(13)15-10-11(16-9)19-21-18-10/h1-4,20H,(H2,13,15,18)(H,16,17,19)/b14-4+. The minimum Gasteiger partial charge on any atom is -0.507 e. The van der Waals surface area contributed by atoms with Crippen LogP contribution in [0, 0.1) is 0 Å². The van der Waals surface area contributed by atoms with Crippen LogP contribution in [0.15, 0.2) is 27.9 Å². The van der Waals surface area contributed by atoms with Crippen LogP contribution < -0.4 is 11.2 Å². The molecule has 0 atom stereocenters. The van der Waals surface area contributed by atoms with Crippen molar-refractivity contribution in [3.8, 4) is 5.75 Å². The van der Waals surface area contributed by atoms with Gasteiger partial charge in [0.05, 0.1) is 6.21 Å². The number of aromatic nitrogens is 4.